The fourth-order valence-electron chi connectivity index (χ4n) is 3.74. The fourth-order valence-corrected chi connectivity index (χ4v) is 4.76. The lowest BCUT2D eigenvalue weighted by Crippen LogP contribution is -2.32. The molecule has 1 N–H and O–H groups in total. The number of nitrogens with one attached hydrogen (secondary N) is 1. The molecular formula is C29H35F3N6O7S. The van der Waals surface area contributed by atoms with Gasteiger partial charge in [0.15, 0.2) is 5.69 Å². The van der Waals surface area contributed by atoms with Crippen LogP contribution in [0.25, 0.3) is 16.9 Å². The molecule has 1 atom stereocenters. The lowest BCUT2D eigenvalue weighted by Gasteiger charge is -2.19. The van der Waals surface area contributed by atoms with E-state index < -0.39 is 45.5 Å². The van der Waals surface area contributed by atoms with Gasteiger partial charge in [0.05, 0.1) is 40.3 Å². The van der Waals surface area contributed by atoms with E-state index in [1.54, 1.807) is 45.0 Å². The number of ether oxygens (including phenoxy) is 1. The van der Waals surface area contributed by atoms with E-state index in [4.69, 9.17) is 9.57 Å². The van der Waals surface area contributed by atoms with E-state index in [0.717, 1.165) is 33.5 Å². The monoisotopic (exact) mass is 668 g/mol. The highest BCUT2D eigenvalue weighted by molar-refractivity contribution is 7.90. The quantitative estimate of drug-likeness (QED) is 0.0908. The van der Waals surface area contributed by atoms with Gasteiger partial charge in [0.2, 0.25) is 11.2 Å². The van der Waals surface area contributed by atoms with Crippen LogP contribution in [0, 0.1) is 17.5 Å². The number of esters is 1. The van der Waals surface area contributed by atoms with Crippen LogP contribution in [0.2, 0.25) is 0 Å². The van der Waals surface area contributed by atoms with E-state index >= 15 is 0 Å². The Bertz CT molecular complexity index is 1670. The number of benzene rings is 2. The Morgan fingerprint density at radius 1 is 1.11 bits per heavy atom. The molecule has 17 heteroatoms. The molecular weight excluding hydrogens is 633 g/mol. The third-order valence-electron chi connectivity index (χ3n) is 6.32. The molecule has 250 valence electrons. The summed E-state index contributed by atoms with van der Waals surface area (Å²) >= 11 is 0. The van der Waals surface area contributed by atoms with Crippen molar-refractivity contribution in [3.8, 4) is 16.9 Å². The van der Waals surface area contributed by atoms with Crippen LogP contribution in [0.5, 0.6) is 0 Å². The second kappa shape index (κ2) is 14.2. The molecule has 1 amide bonds. The van der Waals surface area contributed by atoms with Gasteiger partial charge in [-0.2, -0.15) is 18.3 Å². The summed E-state index contributed by atoms with van der Waals surface area (Å²) in [4.78, 5) is 28.9. The molecule has 0 aliphatic rings. The highest BCUT2D eigenvalue weighted by Gasteiger charge is 2.35. The van der Waals surface area contributed by atoms with Gasteiger partial charge >= 0.3 is 12.1 Å². The molecule has 3 aromatic rings. The molecule has 0 saturated carbocycles. The second-order valence-corrected chi connectivity index (χ2v) is 13.0. The van der Waals surface area contributed by atoms with Gasteiger partial charge in [0.1, 0.15) is 0 Å². The number of sulfonamides is 1. The van der Waals surface area contributed by atoms with Crippen molar-refractivity contribution in [2.75, 3.05) is 13.6 Å². The maximum absolute atomic E-state index is 13.5. The molecule has 0 aliphatic carbocycles. The molecule has 0 saturated heterocycles. The number of alkyl halides is 3. The molecule has 13 nitrogen and oxygen atoms in total. The third-order valence-corrected chi connectivity index (χ3v) is 7.70. The number of amides is 1. The van der Waals surface area contributed by atoms with Crippen LogP contribution in [-0.4, -0.2) is 59.9 Å². The number of carbonyl (C=O) groups excluding carboxylic acids is 2. The first-order valence-electron chi connectivity index (χ1n) is 13.9. The summed E-state index contributed by atoms with van der Waals surface area (Å²) in [7, 11) is -2.97. The van der Waals surface area contributed by atoms with Gasteiger partial charge in [-0.15, -0.1) is 5.01 Å². The standard InChI is InChI=1S/C29H35F3N6O7S/c1-19-9-11-21(12-10-19)24-18-25(29(30,31)32)33-37(24)22-13-15-23(16-14-22)46(42,43)34-26(39)8-7-17-36(6)38(41)35-45-20(2)44-27(40)28(3,4)5/h9-16,18,20H,7-8,17H2,1-6H3,(H,34,39)/b38-35-. The van der Waals surface area contributed by atoms with Gasteiger partial charge in [-0.05, 0) is 64.4 Å². The number of hydrazine groups is 1. The predicted molar refractivity (Wildman–Crippen MR) is 158 cm³/mol. The lowest BCUT2D eigenvalue weighted by molar-refractivity contribution is -0.707. The largest absolute Gasteiger partial charge is 0.569 e. The van der Waals surface area contributed by atoms with Crippen LogP contribution < -0.4 is 4.72 Å². The summed E-state index contributed by atoms with van der Waals surface area (Å²) in [5, 5.41) is 20.1. The van der Waals surface area contributed by atoms with E-state index in [1.807, 2.05) is 11.6 Å². The first-order valence-corrected chi connectivity index (χ1v) is 15.4. The minimum absolute atomic E-state index is 0.0121. The predicted octanol–water partition coefficient (Wildman–Crippen LogP) is 5.13. The number of aromatic nitrogens is 2. The van der Waals surface area contributed by atoms with Crippen LogP contribution in [0.4, 0.5) is 13.2 Å². The highest BCUT2D eigenvalue weighted by atomic mass is 32.2. The number of rotatable bonds is 12. The second-order valence-electron chi connectivity index (χ2n) is 11.4. The molecule has 2 aromatic carbocycles. The van der Waals surface area contributed by atoms with E-state index in [1.165, 1.54) is 26.1 Å². The SMILES string of the molecule is Cc1ccc(-c2cc(C(F)(F)F)nn2-c2ccc(S(=O)(=O)NC(=O)CCCN(C)/[N+]([O-])=N/OC(C)OC(=O)C(C)(C)C)cc2)cc1. The average molecular weight is 669 g/mol. The highest BCUT2D eigenvalue weighted by Crippen LogP contribution is 2.33. The molecule has 3 rings (SSSR count). The third kappa shape index (κ3) is 9.66. The molecule has 0 radical (unpaired) electrons. The van der Waals surface area contributed by atoms with Crippen LogP contribution in [0.15, 0.2) is 64.8 Å². The van der Waals surface area contributed by atoms with Crippen molar-refractivity contribution in [2.45, 2.75) is 64.8 Å². The van der Waals surface area contributed by atoms with Crippen molar-refractivity contribution in [2.24, 2.45) is 10.7 Å². The Balaban J connectivity index is 1.60. The van der Waals surface area contributed by atoms with Crippen LogP contribution in [-0.2, 0) is 35.4 Å². The van der Waals surface area contributed by atoms with Crippen LogP contribution >= 0.6 is 0 Å². The maximum Gasteiger partial charge on any atom is 0.435 e. The Hall–Kier alpha value is -4.67. The molecule has 46 heavy (non-hydrogen) atoms. The summed E-state index contributed by atoms with van der Waals surface area (Å²) in [6.45, 7) is 8.14. The zero-order chi connectivity index (χ0) is 34.4. The lowest BCUT2D eigenvalue weighted by atomic mass is 9.97. The number of aryl methyl sites for hydroxylation is 1. The van der Waals surface area contributed by atoms with E-state index in [0.29, 0.717) is 5.56 Å². The molecule has 1 heterocycles. The topological polar surface area (TPSA) is 158 Å². The number of halogens is 3. The van der Waals surface area contributed by atoms with Gasteiger partial charge in [0, 0.05) is 18.9 Å². The van der Waals surface area contributed by atoms with Crippen LogP contribution in [0.1, 0.15) is 51.8 Å². The Kier molecular flexibility index (Phi) is 11.0. The number of hydrogen-bond acceptors (Lipinski definition) is 9. The number of hydrogen-bond donors (Lipinski definition) is 1. The average Bonchev–Trinajstić information content (AvgIpc) is 3.42. The summed E-state index contributed by atoms with van der Waals surface area (Å²) in [6, 6.07) is 12.5. The van der Waals surface area contributed by atoms with E-state index in [-0.39, 0.29) is 40.6 Å². The normalized spacial score (nSPS) is 13.2. The summed E-state index contributed by atoms with van der Waals surface area (Å²) < 4.78 is 74.1. The number of carbonyl (C=O) groups is 2. The molecule has 0 bridgehead atoms. The minimum atomic E-state index is -4.71. The molecule has 0 spiro atoms. The van der Waals surface area contributed by atoms with Crippen molar-refractivity contribution in [3.05, 3.63) is 71.1 Å². The summed E-state index contributed by atoms with van der Waals surface area (Å²) in [5.41, 5.74) is -0.196. The van der Waals surface area contributed by atoms with Crippen molar-refractivity contribution in [1.29, 1.82) is 0 Å². The maximum atomic E-state index is 13.5. The molecule has 0 fully saturated rings. The Labute approximate surface area is 264 Å². The Morgan fingerprint density at radius 2 is 1.72 bits per heavy atom. The molecule has 0 aliphatic heterocycles. The van der Waals surface area contributed by atoms with Crippen molar-refractivity contribution >= 4 is 21.9 Å². The molecule has 1 unspecified atom stereocenters. The Morgan fingerprint density at radius 3 is 2.28 bits per heavy atom. The van der Waals surface area contributed by atoms with E-state index in [9.17, 15) is 36.4 Å². The van der Waals surface area contributed by atoms with Gasteiger partial charge < -0.3 is 9.94 Å². The van der Waals surface area contributed by atoms with E-state index in [2.05, 4.69) is 10.4 Å². The van der Waals surface area contributed by atoms with Crippen LogP contribution in [0.3, 0.4) is 0 Å². The van der Waals surface area contributed by atoms with Gasteiger partial charge in [-0.25, -0.2) is 17.8 Å². The fraction of sp³-hybridized carbons (Fsp3) is 0.414. The van der Waals surface area contributed by atoms with Crippen molar-refractivity contribution in [1.82, 2.24) is 19.5 Å². The summed E-state index contributed by atoms with van der Waals surface area (Å²) in [6.07, 6.45) is -6.05. The van der Waals surface area contributed by atoms with Gasteiger partial charge in [-0.1, -0.05) is 29.8 Å². The summed E-state index contributed by atoms with van der Waals surface area (Å²) in [5.74, 6) is -1.41. The smallest absolute Gasteiger partial charge is 0.435 e. The number of nitrogens with zero attached hydrogens (tertiary/aromatic N) is 5. The van der Waals surface area contributed by atoms with Crippen molar-refractivity contribution in [3.63, 3.8) is 0 Å². The van der Waals surface area contributed by atoms with Crippen molar-refractivity contribution < 1.29 is 45.7 Å². The zero-order valence-electron chi connectivity index (χ0n) is 26.0. The molecule has 1 aromatic heterocycles. The first kappa shape index (κ1) is 35.8. The van der Waals surface area contributed by atoms with Gasteiger partial charge in [-0.3, -0.25) is 14.4 Å². The zero-order valence-corrected chi connectivity index (χ0v) is 26.8. The minimum Gasteiger partial charge on any atom is -0.569 e. The van der Waals surface area contributed by atoms with Gasteiger partial charge in [0.25, 0.3) is 16.3 Å². The first-order chi connectivity index (χ1) is 21.3.